The largest absolute Gasteiger partial charge is 0.480 e. The second kappa shape index (κ2) is 15.0. The minimum absolute atomic E-state index is 0.0467. The molecule has 1 aromatic rings. The van der Waals surface area contributed by atoms with Crippen molar-refractivity contribution in [3.05, 3.63) is 18.2 Å². The van der Waals surface area contributed by atoms with Crippen molar-refractivity contribution in [3.8, 4) is 0 Å². The van der Waals surface area contributed by atoms with Crippen LogP contribution >= 0.6 is 11.8 Å². The van der Waals surface area contributed by atoms with Gasteiger partial charge in [0.25, 0.3) is 0 Å². The van der Waals surface area contributed by atoms with Gasteiger partial charge < -0.3 is 37.5 Å². The number of aromatic nitrogens is 2. The van der Waals surface area contributed by atoms with Crippen molar-refractivity contribution >= 4 is 41.4 Å². The zero-order chi connectivity index (χ0) is 26.5. The fourth-order valence-electron chi connectivity index (χ4n) is 3.10. The molecule has 9 N–H and O–H groups in total. The Morgan fingerprint density at radius 2 is 1.77 bits per heavy atom. The first-order valence-corrected chi connectivity index (χ1v) is 12.5. The molecule has 0 radical (unpaired) electrons. The zero-order valence-electron chi connectivity index (χ0n) is 20.1. The summed E-state index contributed by atoms with van der Waals surface area (Å²) < 4.78 is 0. The minimum Gasteiger partial charge on any atom is -0.480 e. The number of carboxylic acids is 1. The van der Waals surface area contributed by atoms with Crippen LogP contribution < -0.4 is 27.4 Å². The number of rotatable bonds is 16. The number of nitrogens with one attached hydrogen (secondary N) is 4. The number of H-pyrrole nitrogens is 1. The van der Waals surface area contributed by atoms with E-state index >= 15 is 0 Å². The SMILES string of the molecule is CCC(C)C(NC(=O)C(N)CCSC)C(=O)NC(Cc1cnc[nH]1)C(=O)NC(CC(N)=O)C(=O)O. The number of thioether (sulfide) groups is 1. The fraction of sp³-hybridized carbons (Fsp3) is 0.619. The number of nitrogens with two attached hydrogens (primary N) is 2. The first-order valence-electron chi connectivity index (χ1n) is 11.1. The first-order chi connectivity index (χ1) is 16.5. The predicted octanol–water partition coefficient (Wildman–Crippen LogP) is -1.51. The van der Waals surface area contributed by atoms with E-state index in [2.05, 4.69) is 25.9 Å². The molecule has 0 aliphatic heterocycles. The molecular weight excluding hydrogens is 478 g/mol. The Morgan fingerprint density at radius 3 is 2.29 bits per heavy atom. The van der Waals surface area contributed by atoms with Crippen LogP contribution in [0.1, 0.15) is 38.8 Å². The molecule has 35 heavy (non-hydrogen) atoms. The summed E-state index contributed by atoms with van der Waals surface area (Å²) in [5, 5.41) is 16.8. The van der Waals surface area contributed by atoms with Crippen LogP contribution in [0.2, 0.25) is 0 Å². The van der Waals surface area contributed by atoms with E-state index in [1.54, 1.807) is 18.7 Å². The number of carbonyl (C=O) groups is 5. The molecule has 0 aromatic carbocycles. The fourth-order valence-corrected chi connectivity index (χ4v) is 3.59. The minimum atomic E-state index is -1.57. The zero-order valence-corrected chi connectivity index (χ0v) is 20.9. The lowest BCUT2D eigenvalue weighted by Crippen LogP contribution is -2.59. The van der Waals surface area contributed by atoms with Crippen molar-refractivity contribution in [3.63, 3.8) is 0 Å². The van der Waals surface area contributed by atoms with Crippen molar-refractivity contribution in [2.75, 3.05) is 12.0 Å². The molecule has 0 aliphatic rings. The third-order valence-electron chi connectivity index (χ3n) is 5.39. The van der Waals surface area contributed by atoms with E-state index in [9.17, 15) is 29.1 Å². The van der Waals surface area contributed by atoms with E-state index in [1.165, 1.54) is 12.5 Å². The molecule has 5 unspecified atom stereocenters. The first kappa shape index (κ1) is 29.9. The number of aromatic amines is 1. The van der Waals surface area contributed by atoms with Crippen molar-refractivity contribution < 1.29 is 29.1 Å². The molecule has 0 saturated carbocycles. The third-order valence-corrected chi connectivity index (χ3v) is 6.04. The maximum Gasteiger partial charge on any atom is 0.326 e. The molecule has 1 aromatic heterocycles. The molecule has 0 aliphatic carbocycles. The molecule has 1 heterocycles. The molecule has 0 saturated heterocycles. The summed E-state index contributed by atoms with van der Waals surface area (Å²) in [7, 11) is 0. The average molecular weight is 514 g/mol. The average Bonchev–Trinajstić information content (AvgIpc) is 3.31. The normalized spacial score (nSPS) is 15.2. The standard InChI is InChI=1S/C21H35N7O6S/c1-4-11(2)17(28-18(30)13(22)5-6-35-3)20(32)26-14(7-12-9-24-10-25-12)19(31)27-15(21(33)34)8-16(23)29/h9-11,13-15,17H,4-8,22H2,1-3H3,(H2,23,29)(H,24,25)(H,26,32)(H,27,31)(H,28,30)(H,33,34). The summed E-state index contributed by atoms with van der Waals surface area (Å²) in [5.41, 5.74) is 11.5. The third kappa shape index (κ3) is 10.3. The molecule has 0 spiro atoms. The molecule has 1 rings (SSSR count). The number of aliphatic carboxylic acids is 1. The lowest BCUT2D eigenvalue weighted by Gasteiger charge is -2.27. The Bertz CT molecular complexity index is 866. The van der Waals surface area contributed by atoms with Gasteiger partial charge >= 0.3 is 5.97 Å². The summed E-state index contributed by atoms with van der Waals surface area (Å²) in [6.07, 6.45) is 5.04. The van der Waals surface area contributed by atoms with E-state index in [1.807, 2.05) is 13.2 Å². The van der Waals surface area contributed by atoms with Gasteiger partial charge in [-0.2, -0.15) is 11.8 Å². The summed E-state index contributed by atoms with van der Waals surface area (Å²) in [5.74, 6) is -3.93. The maximum atomic E-state index is 13.2. The molecule has 5 atom stereocenters. The molecule has 14 heteroatoms. The molecule has 0 bridgehead atoms. The molecule has 196 valence electrons. The van der Waals surface area contributed by atoms with Crippen molar-refractivity contribution in [2.45, 2.75) is 63.7 Å². The number of hydrogen-bond acceptors (Lipinski definition) is 8. The van der Waals surface area contributed by atoms with Crippen LogP contribution in [-0.4, -0.2) is 80.8 Å². The number of carboxylic acid groups (broad SMARTS) is 1. The second-order valence-electron chi connectivity index (χ2n) is 8.17. The molecule has 4 amide bonds. The Morgan fingerprint density at radius 1 is 1.11 bits per heavy atom. The Kier molecular flexibility index (Phi) is 12.8. The van der Waals surface area contributed by atoms with Crippen LogP contribution in [0.3, 0.4) is 0 Å². The molecular formula is C21H35N7O6S. The highest BCUT2D eigenvalue weighted by Gasteiger charge is 2.33. The van der Waals surface area contributed by atoms with Gasteiger partial charge in [0, 0.05) is 18.3 Å². The van der Waals surface area contributed by atoms with E-state index in [-0.39, 0.29) is 12.3 Å². The van der Waals surface area contributed by atoms with Gasteiger partial charge in [0.1, 0.15) is 18.1 Å². The van der Waals surface area contributed by atoms with Gasteiger partial charge in [-0.05, 0) is 24.3 Å². The number of nitrogens with zero attached hydrogens (tertiary/aromatic N) is 1. The van der Waals surface area contributed by atoms with Crippen LogP contribution in [-0.2, 0) is 30.4 Å². The number of primary amides is 1. The van der Waals surface area contributed by atoms with Gasteiger partial charge in [0.05, 0.1) is 18.8 Å². The number of amides is 4. The van der Waals surface area contributed by atoms with Gasteiger partial charge in [-0.15, -0.1) is 0 Å². The smallest absolute Gasteiger partial charge is 0.326 e. The number of carbonyl (C=O) groups excluding carboxylic acids is 4. The van der Waals surface area contributed by atoms with Crippen LogP contribution in [0.4, 0.5) is 0 Å². The van der Waals surface area contributed by atoms with Gasteiger partial charge in [-0.3, -0.25) is 19.2 Å². The summed E-state index contributed by atoms with van der Waals surface area (Å²) in [6, 6.07) is -4.58. The highest BCUT2D eigenvalue weighted by atomic mass is 32.2. The van der Waals surface area contributed by atoms with Crippen LogP contribution in [0.25, 0.3) is 0 Å². The maximum absolute atomic E-state index is 13.2. The van der Waals surface area contributed by atoms with E-state index < -0.39 is 60.2 Å². The topological polar surface area (TPSA) is 222 Å². The quantitative estimate of drug-likeness (QED) is 0.136. The highest BCUT2D eigenvalue weighted by Crippen LogP contribution is 2.11. The summed E-state index contributed by atoms with van der Waals surface area (Å²) in [6.45, 7) is 3.62. The van der Waals surface area contributed by atoms with Gasteiger partial charge in [-0.1, -0.05) is 20.3 Å². The van der Waals surface area contributed by atoms with Gasteiger partial charge in [-0.25, -0.2) is 9.78 Å². The highest BCUT2D eigenvalue weighted by molar-refractivity contribution is 7.98. The Hall–Kier alpha value is -3.13. The van der Waals surface area contributed by atoms with E-state index in [0.717, 1.165) is 0 Å². The molecule has 0 fully saturated rings. The van der Waals surface area contributed by atoms with Gasteiger partial charge in [0.2, 0.25) is 23.6 Å². The number of imidazole rings is 1. The van der Waals surface area contributed by atoms with E-state index in [4.69, 9.17) is 11.5 Å². The van der Waals surface area contributed by atoms with Crippen LogP contribution in [0, 0.1) is 5.92 Å². The van der Waals surface area contributed by atoms with E-state index in [0.29, 0.717) is 24.3 Å². The molecule has 13 nitrogen and oxygen atoms in total. The van der Waals surface area contributed by atoms with Crippen molar-refractivity contribution in [2.24, 2.45) is 17.4 Å². The Labute approximate surface area is 207 Å². The Balaban J connectivity index is 3.07. The lowest BCUT2D eigenvalue weighted by molar-refractivity contribution is -0.143. The van der Waals surface area contributed by atoms with Crippen molar-refractivity contribution in [1.82, 2.24) is 25.9 Å². The van der Waals surface area contributed by atoms with Crippen LogP contribution in [0.5, 0.6) is 0 Å². The second-order valence-corrected chi connectivity index (χ2v) is 9.16. The van der Waals surface area contributed by atoms with Crippen LogP contribution in [0.15, 0.2) is 12.5 Å². The summed E-state index contributed by atoms with van der Waals surface area (Å²) in [4.78, 5) is 68.0. The monoisotopic (exact) mass is 513 g/mol. The summed E-state index contributed by atoms with van der Waals surface area (Å²) >= 11 is 1.54. The predicted molar refractivity (Wildman–Crippen MR) is 130 cm³/mol. The number of hydrogen-bond donors (Lipinski definition) is 7. The van der Waals surface area contributed by atoms with Crippen molar-refractivity contribution in [1.29, 1.82) is 0 Å². The van der Waals surface area contributed by atoms with Gasteiger partial charge in [0.15, 0.2) is 0 Å². The lowest BCUT2D eigenvalue weighted by atomic mass is 9.97.